The summed E-state index contributed by atoms with van der Waals surface area (Å²) in [4.78, 5) is 6.79. The fraction of sp³-hybridized carbons (Fsp3) is 0.412. The first-order valence-corrected chi connectivity index (χ1v) is 8.21. The second-order valence-electron chi connectivity index (χ2n) is 5.71. The van der Waals surface area contributed by atoms with E-state index in [-0.39, 0.29) is 12.1 Å². The van der Waals surface area contributed by atoms with E-state index in [2.05, 4.69) is 51.2 Å². The zero-order chi connectivity index (χ0) is 16.2. The van der Waals surface area contributed by atoms with Gasteiger partial charge in [-0.25, -0.2) is 0 Å². The maximum Gasteiger partial charge on any atom is 0.170 e. The minimum atomic E-state index is 0.0554. The molecule has 2 atom stereocenters. The van der Waals surface area contributed by atoms with Crippen LogP contribution in [-0.4, -0.2) is 39.8 Å². The first kappa shape index (κ1) is 16.0. The van der Waals surface area contributed by atoms with Crippen LogP contribution in [0.5, 0.6) is 0 Å². The lowest BCUT2D eigenvalue weighted by molar-refractivity contribution is 0.179. The van der Waals surface area contributed by atoms with Gasteiger partial charge in [-0.3, -0.25) is 4.98 Å². The van der Waals surface area contributed by atoms with Crippen molar-refractivity contribution < 1.29 is 4.74 Å². The van der Waals surface area contributed by atoms with E-state index in [1.54, 1.807) is 7.11 Å². The van der Waals surface area contributed by atoms with Gasteiger partial charge in [-0.1, -0.05) is 6.07 Å². The van der Waals surface area contributed by atoms with Gasteiger partial charge in [-0.15, -0.1) is 0 Å². The second-order valence-corrected chi connectivity index (χ2v) is 6.10. The van der Waals surface area contributed by atoms with Crippen LogP contribution in [0.4, 0.5) is 0 Å². The van der Waals surface area contributed by atoms with Gasteiger partial charge in [0.25, 0.3) is 0 Å². The largest absolute Gasteiger partial charge is 0.385 e. The molecule has 5 nitrogen and oxygen atoms in total. The monoisotopic (exact) mass is 330 g/mol. The fourth-order valence-corrected chi connectivity index (χ4v) is 3.46. The molecule has 1 aliphatic rings. The number of methoxy groups -OCH3 is 1. The zero-order valence-electron chi connectivity index (χ0n) is 13.5. The molecule has 0 spiro atoms. The van der Waals surface area contributed by atoms with Crippen LogP contribution >= 0.6 is 12.2 Å². The number of nitrogens with one attached hydrogen (secondary N) is 1. The number of rotatable bonds is 6. The Labute approximate surface area is 142 Å². The maximum atomic E-state index is 5.60. The van der Waals surface area contributed by atoms with E-state index in [0.29, 0.717) is 0 Å². The highest BCUT2D eigenvalue weighted by Gasteiger charge is 2.40. The highest BCUT2D eigenvalue weighted by Crippen LogP contribution is 2.38. The smallest absolute Gasteiger partial charge is 0.170 e. The van der Waals surface area contributed by atoms with Gasteiger partial charge in [0.2, 0.25) is 0 Å². The first-order chi connectivity index (χ1) is 11.2. The minimum absolute atomic E-state index is 0.0554. The standard InChI is InChI=1S/C17H22N4OS/c1-20-10-5-8-14(20)16-15(13-7-3-4-9-18-13)19-17(23)21(16)11-6-12-22-2/h3-5,7-10,15-16H,6,11-12H2,1-2H3,(H,19,23)/t15-,16-/m1/s1. The lowest BCUT2D eigenvalue weighted by atomic mass is 10.0. The van der Waals surface area contributed by atoms with E-state index in [1.165, 1.54) is 5.69 Å². The molecule has 1 fully saturated rings. The topological polar surface area (TPSA) is 42.3 Å². The molecule has 0 saturated carbocycles. The lowest BCUT2D eigenvalue weighted by Gasteiger charge is -2.28. The SMILES string of the molecule is COCCCN1C(=S)N[C@H](c2ccccn2)[C@H]1c1cccn1C. The van der Waals surface area contributed by atoms with Crippen molar-refractivity contribution in [1.29, 1.82) is 0 Å². The molecule has 0 unspecified atom stereocenters. The normalized spacial score (nSPS) is 20.8. The summed E-state index contributed by atoms with van der Waals surface area (Å²) in [5.74, 6) is 0. The number of hydrogen-bond acceptors (Lipinski definition) is 3. The first-order valence-electron chi connectivity index (χ1n) is 7.80. The summed E-state index contributed by atoms with van der Waals surface area (Å²) in [6.45, 7) is 1.59. The van der Waals surface area contributed by atoms with E-state index in [4.69, 9.17) is 17.0 Å². The molecule has 3 rings (SSSR count). The Bertz CT molecular complexity index is 658. The van der Waals surface area contributed by atoms with Crippen molar-refractivity contribution in [3.63, 3.8) is 0 Å². The van der Waals surface area contributed by atoms with E-state index >= 15 is 0 Å². The molecule has 0 radical (unpaired) electrons. The molecule has 2 aromatic heterocycles. The van der Waals surface area contributed by atoms with Gasteiger partial charge in [0, 0.05) is 45.4 Å². The fourth-order valence-electron chi connectivity index (χ4n) is 3.13. The van der Waals surface area contributed by atoms with Gasteiger partial charge < -0.3 is 19.5 Å². The summed E-state index contributed by atoms with van der Waals surface area (Å²) in [5, 5.41) is 4.23. The highest BCUT2D eigenvalue weighted by molar-refractivity contribution is 7.80. The molecule has 6 heteroatoms. The van der Waals surface area contributed by atoms with Crippen LogP contribution in [0.1, 0.15) is 29.9 Å². The Kier molecular flexibility index (Phi) is 4.93. The summed E-state index contributed by atoms with van der Waals surface area (Å²) in [6, 6.07) is 10.4. The molecule has 0 amide bonds. The molecule has 1 aliphatic heterocycles. The average molecular weight is 330 g/mol. The number of ether oxygens (including phenoxy) is 1. The molecule has 122 valence electrons. The molecule has 23 heavy (non-hydrogen) atoms. The summed E-state index contributed by atoms with van der Waals surface area (Å²) in [6.07, 6.45) is 4.84. The summed E-state index contributed by atoms with van der Waals surface area (Å²) < 4.78 is 7.34. The van der Waals surface area contributed by atoms with E-state index < -0.39 is 0 Å². The van der Waals surface area contributed by atoms with Gasteiger partial charge in [-0.2, -0.15) is 0 Å². The highest BCUT2D eigenvalue weighted by atomic mass is 32.1. The van der Waals surface area contributed by atoms with Crippen LogP contribution in [0.3, 0.4) is 0 Å². The number of aromatic nitrogens is 2. The maximum absolute atomic E-state index is 5.60. The Balaban J connectivity index is 1.93. The molecule has 2 aromatic rings. The number of nitrogens with zero attached hydrogens (tertiary/aromatic N) is 3. The Hall–Kier alpha value is -1.92. The van der Waals surface area contributed by atoms with Gasteiger partial charge in [-0.05, 0) is 42.9 Å². The molecule has 1 N–H and O–H groups in total. The summed E-state index contributed by atoms with van der Waals surface area (Å²) in [5.41, 5.74) is 2.24. The van der Waals surface area contributed by atoms with Crippen molar-refractivity contribution in [3.8, 4) is 0 Å². The van der Waals surface area contributed by atoms with Crippen molar-refractivity contribution >= 4 is 17.3 Å². The number of thiocarbonyl (C=S) groups is 1. The molecular formula is C17H22N4OS. The van der Waals surface area contributed by atoms with Crippen LogP contribution in [0.2, 0.25) is 0 Å². The third-order valence-electron chi connectivity index (χ3n) is 4.23. The zero-order valence-corrected chi connectivity index (χ0v) is 14.3. The van der Waals surface area contributed by atoms with Crippen molar-refractivity contribution in [3.05, 3.63) is 54.1 Å². The van der Waals surface area contributed by atoms with Gasteiger partial charge in [0.05, 0.1) is 17.8 Å². The quantitative estimate of drug-likeness (QED) is 0.651. The van der Waals surface area contributed by atoms with Crippen LogP contribution in [-0.2, 0) is 11.8 Å². The molecule has 1 saturated heterocycles. The van der Waals surface area contributed by atoms with E-state index in [1.807, 2.05) is 18.3 Å². The minimum Gasteiger partial charge on any atom is -0.385 e. The molecule has 0 aromatic carbocycles. The number of hydrogen-bond donors (Lipinski definition) is 1. The van der Waals surface area contributed by atoms with Gasteiger partial charge >= 0.3 is 0 Å². The predicted octanol–water partition coefficient (Wildman–Crippen LogP) is 2.43. The summed E-state index contributed by atoms with van der Waals surface area (Å²) >= 11 is 5.60. The Morgan fingerprint density at radius 1 is 1.30 bits per heavy atom. The third-order valence-corrected chi connectivity index (χ3v) is 4.58. The average Bonchev–Trinajstić information content (AvgIpc) is 3.12. The predicted molar refractivity (Wildman–Crippen MR) is 94.1 cm³/mol. The van der Waals surface area contributed by atoms with E-state index in [9.17, 15) is 0 Å². The van der Waals surface area contributed by atoms with E-state index in [0.717, 1.165) is 30.4 Å². The summed E-state index contributed by atoms with van der Waals surface area (Å²) in [7, 11) is 3.80. The van der Waals surface area contributed by atoms with Gasteiger partial charge in [0.15, 0.2) is 5.11 Å². The van der Waals surface area contributed by atoms with Crippen LogP contribution < -0.4 is 5.32 Å². The van der Waals surface area contributed by atoms with Crippen molar-refractivity contribution in [2.45, 2.75) is 18.5 Å². The Morgan fingerprint density at radius 2 is 2.17 bits per heavy atom. The van der Waals surface area contributed by atoms with Crippen LogP contribution in [0.15, 0.2) is 42.7 Å². The van der Waals surface area contributed by atoms with Crippen molar-refractivity contribution in [2.24, 2.45) is 7.05 Å². The van der Waals surface area contributed by atoms with Crippen LogP contribution in [0.25, 0.3) is 0 Å². The third kappa shape index (κ3) is 3.23. The molecule has 0 bridgehead atoms. The van der Waals surface area contributed by atoms with Crippen molar-refractivity contribution in [2.75, 3.05) is 20.3 Å². The van der Waals surface area contributed by atoms with Gasteiger partial charge in [0.1, 0.15) is 0 Å². The number of pyridine rings is 1. The lowest BCUT2D eigenvalue weighted by Crippen LogP contribution is -2.31. The molecule has 3 heterocycles. The molecule has 0 aliphatic carbocycles. The molecular weight excluding hydrogens is 308 g/mol. The van der Waals surface area contributed by atoms with Crippen LogP contribution in [0, 0.1) is 0 Å². The second kappa shape index (κ2) is 7.10. The number of aryl methyl sites for hydroxylation is 1. The Morgan fingerprint density at radius 3 is 2.83 bits per heavy atom. The van der Waals surface area contributed by atoms with Crippen molar-refractivity contribution in [1.82, 2.24) is 19.8 Å².